The van der Waals surface area contributed by atoms with Crippen LogP contribution in [0, 0.1) is 5.92 Å². The fraction of sp³-hybridized carbons (Fsp3) is 0.667. The van der Waals surface area contributed by atoms with E-state index in [0.717, 1.165) is 24.3 Å². The molecule has 1 N–H and O–H groups in total. The molecule has 1 fully saturated rings. The predicted molar refractivity (Wildman–Crippen MR) is 93.5 cm³/mol. The summed E-state index contributed by atoms with van der Waals surface area (Å²) in [4.78, 5) is 26.6. The predicted octanol–water partition coefficient (Wildman–Crippen LogP) is 2.63. The first-order valence-corrected chi connectivity index (χ1v) is 8.73. The van der Waals surface area contributed by atoms with E-state index in [1.54, 1.807) is 11.0 Å². The molecule has 0 aromatic carbocycles. The van der Waals surface area contributed by atoms with Gasteiger partial charge in [0, 0.05) is 49.5 Å². The van der Waals surface area contributed by atoms with Gasteiger partial charge in [0.05, 0.1) is 0 Å². The van der Waals surface area contributed by atoms with E-state index in [1.807, 2.05) is 32.3 Å². The smallest absolute Gasteiger partial charge is 0.410 e. The van der Waals surface area contributed by atoms with Crippen LogP contribution in [0.3, 0.4) is 0 Å². The molecular weight excluding hydrogens is 306 g/mol. The third kappa shape index (κ3) is 3.42. The third-order valence-corrected chi connectivity index (χ3v) is 4.59. The molecule has 1 saturated heterocycles. The summed E-state index contributed by atoms with van der Waals surface area (Å²) in [5.41, 5.74) is 1.45. The summed E-state index contributed by atoms with van der Waals surface area (Å²) in [7, 11) is 0. The molecule has 132 valence electrons. The molecule has 6 nitrogen and oxygen atoms in total. The fourth-order valence-electron chi connectivity index (χ4n) is 3.74. The lowest BCUT2D eigenvalue weighted by Crippen LogP contribution is -2.50. The summed E-state index contributed by atoms with van der Waals surface area (Å²) < 4.78 is 7.40. The number of nitrogens with one attached hydrogen (secondary N) is 1. The summed E-state index contributed by atoms with van der Waals surface area (Å²) in [6.45, 7) is 10.4. The quantitative estimate of drug-likeness (QED) is 0.904. The second kappa shape index (κ2) is 6.15. The van der Waals surface area contributed by atoms with E-state index in [2.05, 4.69) is 11.4 Å². The molecule has 1 unspecified atom stereocenters. The highest BCUT2D eigenvalue weighted by Crippen LogP contribution is 2.36. The van der Waals surface area contributed by atoms with E-state index in [4.69, 9.17) is 4.74 Å². The molecule has 0 spiro atoms. The van der Waals surface area contributed by atoms with Gasteiger partial charge < -0.3 is 19.5 Å². The van der Waals surface area contributed by atoms with Crippen LogP contribution in [0.5, 0.6) is 0 Å². The van der Waals surface area contributed by atoms with Gasteiger partial charge in [-0.3, -0.25) is 4.79 Å². The number of rotatable bonds is 2. The average Bonchev–Trinajstić information content (AvgIpc) is 2.47. The summed E-state index contributed by atoms with van der Waals surface area (Å²) in [6, 6.07) is 3.73. The van der Waals surface area contributed by atoms with Crippen molar-refractivity contribution in [3.05, 3.63) is 28.2 Å². The van der Waals surface area contributed by atoms with Crippen LogP contribution in [0.25, 0.3) is 0 Å². The Bertz CT molecular complexity index is 690. The van der Waals surface area contributed by atoms with Crippen LogP contribution < -0.4 is 10.9 Å². The van der Waals surface area contributed by atoms with Gasteiger partial charge in [-0.15, -0.1) is 0 Å². The second-order valence-corrected chi connectivity index (χ2v) is 7.83. The maximum absolute atomic E-state index is 12.4. The van der Waals surface area contributed by atoms with Crippen LogP contribution in [-0.2, 0) is 11.3 Å². The van der Waals surface area contributed by atoms with E-state index in [1.165, 1.54) is 0 Å². The first-order valence-electron chi connectivity index (χ1n) is 8.73. The molecule has 3 heterocycles. The van der Waals surface area contributed by atoms with Crippen molar-refractivity contribution in [2.24, 2.45) is 5.92 Å². The molecular formula is C18H27N3O3. The molecule has 1 aromatic rings. The standard InChI is InChI=1S/C18H27N3O3/c1-5-19-14-7-15-13-6-12(10-21(15)16(22)8-14)9-20(11-13)17(23)24-18(2,3)4/h7-8,12-13,19H,5-6,9-11H2,1-4H3/t12?,13-/m0/s1. The Hall–Kier alpha value is -1.98. The highest BCUT2D eigenvalue weighted by Gasteiger charge is 2.37. The van der Waals surface area contributed by atoms with E-state index in [9.17, 15) is 9.59 Å². The molecule has 1 amide bonds. The maximum atomic E-state index is 12.4. The van der Waals surface area contributed by atoms with E-state index in [-0.39, 0.29) is 17.6 Å². The Morgan fingerprint density at radius 3 is 2.71 bits per heavy atom. The maximum Gasteiger partial charge on any atom is 0.410 e. The van der Waals surface area contributed by atoms with Crippen LogP contribution in [-0.4, -0.2) is 40.8 Å². The van der Waals surface area contributed by atoms with Crippen molar-refractivity contribution in [3.8, 4) is 0 Å². The van der Waals surface area contributed by atoms with Crippen molar-refractivity contribution >= 4 is 11.8 Å². The lowest BCUT2D eigenvalue weighted by Gasteiger charge is -2.43. The number of carbonyl (C=O) groups is 1. The van der Waals surface area contributed by atoms with Gasteiger partial charge in [0.25, 0.3) is 5.56 Å². The number of piperidine rings is 1. The van der Waals surface area contributed by atoms with Crippen LogP contribution >= 0.6 is 0 Å². The second-order valence-electron chi connectivity index (χ2n) is 7.83. The number of aromatic nitrogens is 1. The van der Waals surface area contributed by atoms with Gasteiger partial charge in [0.1, 0.15) is 5.60 Å². The number of hydrogen-bond donors (Lipinski definition) is 1. The van der Waals surface area contributed by atoms with Crippen molar-refractivity contribution in [3.63, 3.8) is 0 Å². The SMILES string of the molecule is CCNc1cc2n(c(=O)c1)CC1C[C@H]2CN(C(=O)OC(C)(C)C)C1. The number of carbonyl (C=O) groups excluding carboxylic acids is 1. The van der Waals surface area contributed by atoms with Gasteiger partial charge in [-0.05, 0) is 46.1 Å². The number of anilines is 1. The van der Waals surface area contributed by atoms with Crippen LogP contribution in [0.15, 0.2) is 16.9 Å². The van der Waals surface area contributed by atoms with Gasteiger partial charge in [-0.1, -0.05) is 0 Å². The van der Waals surface area contributed by atoms with Crippen molar-refractivity contribution in [2.75, 3.05) is 25.0 Å². The minimum Gasteiger partial charge on any atom is -0.444 e. The van der Waals surface area contributed by atoms with Gasteiger partial charge >= 0.3 is 6.09 Å². The monoisotopic (exact) mass is 333 g/mol. The lowest BCUT2D eigenvalue weighted by atomic mass is 9.83. The third-order valence-electron chi connectivity index (χ3n) is 4.59. The zero-order valence-electron chi connectivity index (χ0n) is 15.0. The number of fused-ring (bicyclic) bond motifs is 4. The van der Waals surface area contributed by atoms with Gasteiger partial charge in [0.2, 0.25) is 0 Å². The minimum atomic E-state index is -0.489. The molecule has 2 aliphatic rings. The average molecular weight is 333 g/mol. The van der Waals surface area contributed by atoms with Crippen LogP contribution in [0.4, 0.5) is 10.5 Å². The largest absolute Gasteiger partial charge is 0.444 e. The summed E-state index contributed by atoms with van der Waals surface area (Å²) >= 11 is 0. The summed E-state index contributed by atoms with van der Waals surface area (Å²) in [5, 5.41) is 3.22. The first kappa shape index (κ1) is 16.9. The number of ether oxygens (including phenoxy) is 1. The number of hydrogen-bond acceptors (Lipinski definition) is 4. The molecule has 2 atom stereocenters. The fourth-order valence-corrected chi connectivity index (χ4v) is 3.74. The van der Waals surface area contributed by atoms with Gasteiger partial charge in [-0.2, -0.15) is 0 Å². The zero-order chi connectivity index (χ0) is 17.5. The molecule has 1 aromatic heterocycles. The first-order chi connectivity index (χ1) is 11.3. The Kier molecular flexibility index (Phi) is 4.32. The van der Waals surface area contributed by atoms with E-state index < -0.39 is 5.60 Å². The minimum absolute atomic E-state index is 0.0452. The lowest BCUT2D eigenvalue weighted by molar-refractivity contribution is 0.0102. The Balaban J connectivity index is 1.85. The summed E-state index contributed by atoms with van der Waals surface area (Å²) in [5.74, 6) is 0.503. The molecule has 0 aliphatic carbocycles. The van der Waals surface area contributed by atoms with E-state index >= 15 is 0 Å². The highest BCUT2D eigenvalue weighted by atomic mass is 16.6. The van der Waals surface area contributed by atoms with Crippen LogP contribution in [0.2, 0.25) is 0 Å². The summed E-state index contributed by atoms with van der Waals surface area (Å²) in [6.07, 6.45) is 0.768. The highest BCUT2D eigenvalue weighted by molar-refractivity contribution is 5.68. The Morgan fingerprint density at radius 2 is 2.04 bits per heavy atom. The number of pyridine rings is 1. The topological polar surface area (TPSA) is 63.6 Å². The van der Waals surface area contributed by atoms with Crippen molar-refractivity contribution in [2.45, 2.75) is 52.2 Å². The normalized spacial score (nSPS) is 22.8. The number of nitrogens with zero attached hydrogens (tertiary/aromatic N) is 2. The van der Waals surface area contributed by atoms with Gasteiger partial charge in [0.15, 0.2) is 0 Å². The van der Waals surface area contributed by atoms with E-state index in [0.29, 0.717) is 25.6 Å². The van der Waals surface area contributed by atoms with Crippen molar-refractivity contribution in [1.29, 1.82) is 0 Å². The zero-order valence-corrected chi connectivity index (χ0v) is 15.0. The molecule has 6 heteroatoms. The Morgan fingerprint density at radius 1 is 1.29 bits per heavy atom. The molecule has 0 saturated carbocycles. The molecule has 24 heavy (non-hydrogen) atoms. The van der Waals surface area contributed by atoms with Crippen molar-refractivity contribution < 1.29 is 9.53 Å². The van der Waals surface area contributed by atoms with Gasteiger partial charge in [-0.25, -0.2) is 4.79 Å². The molecule has 2 aliphatic heterocycles. The number of amides is 1. The molecule has 2 bridgehead atoms. The van der Waals surface area contributed by atoms with Crippen molar-refractivity contribution in [1.82, 2.24) is 9.47 Å². The number of likely N-dealkylation sites (tertiary alicyclic amines) is 1. The molecule has 3 rings (SSSR count). The van der Waals surface area contributed by atoms with Crippen LogP contribution in [0.1, 0.15) is 45.7 Å². The Labute approximate surface area is 142 Å². The molecule has 0 radical (unpaired) electrons.